The van der Waals surface area contributed by atoms with Gasteiger partial charge in [0.05, 0.1) is 18.3 Å². The van der Waals surface area contributed by atoms with E-state index in [1.54, 1.807) is 0 Å². The largest absolute Gasteiger partial charge is 0.405 e. The number of aromatic nitrogens is 3. The van der Waals surface area contributed by atoms with Crippen molar-refractivity contribution in [1.29, 1.82) is 0 Å². The second kappa shape index (κ2) is 7.57. The number of nitrogens with one attached hydrogen (secondary N) is 2. The summed E-state index contributed by atoms with van der Waals surface area (Å²) in [4.78, 5) is 26.2. The van der Waals surface area contributed by atoms with Gasteiger partial charge in [-0.15, -0.1) is 0 Å². The number of halogens is 5. The molecule has 1 unspecified atom stereocenters. The number of fused-ring (bicyclic) bond motifs is 1. The van der Waals surface area contributed by atoms with Crippen LogP contribution in [0.2, 0.25) is 0 Å². The molecule has 1 fully saturated rings. The summed E-state index contributed by atoms with van der Waals surface area (Å²) in [5.74, 6) is -2.21. The summed E-state index contributed by atoms with van der Waals surface area (Å²) >= 11 is 0. The van der Waals surface area contributed by atoms with Crippen molar-refractivity contribution in [1.82, 2.24) is 20.3 Å². The van der Waals surface area contributed by atoms with Crippen LogP contribution in [-0.4, -0.2) is 52.2 Å². The molecule has 31 heavy (non-hydrogen) atoms. The Kier molecular flexibility index (Phi) is 5.18. The summed E-state index contributed by atoms with van der Waals surface area (Å²) in [6.07, 6.45) is -1.83. The molecule has 7 nitrogen and oxygen atoms in total. The molecule has 0 aliphatic carbocycles. The molecule has 4 heterocycles. The first-order valence-corrected chi connectivity index (χ1v) is 9.63. The quantitative estimate of drug-likeness (QED) is 0.709. The number of carbonyl (C=O) groups is 1. The van der Waals surface area contributed by atoms with Crippen LogP contribution in [0, 0.1) is 11.6 Å². The van der Waals surface area contributed by atoms with Gasteiger partial charge in [0.2, 0.25) is 5.91 Å². The van der Waals surface area contributed by atoms with Gasteiger partial charge >= 0.3 is 6.18 Å². The van der Waals surface area contributed by atoms with Crippen LogP contribution in [0.4, 0.5) is 33.6 Å². The number of anilines is 2. The molecule has 2 atom stereocenters. The maximum absolute atomic E-state index is 14.7. The Balaban J connectivity index is 1.64. The third-order valence-electron chi connectivity index (χ3n) is 5.62. The van der Waals surface area contributed by atoms with Crippen molar-refractivity contribution in [3.05, 3.63) is 41.5 Å². The first kappa shape index (κ1) is 21.2. The molecule has 0 saturated carbocycles. The number of amides is 1. The lowest BCUT2D eigenvalue weighted by Crippen LogP contribution is -2.55. The number of nitrogens with zero attached hydrogens (tertiary/aromatic N) is 4. The van der Waals surface area contributed by atoms with Crippen LogP contribution in [0.5, 0.6) is 0 Å². The van der Waals surface area contributed by atoms with Gasteiger partial charge in [-0.1, -0.05) is 0 Å². The normalized spacial score (nSPS) is 22.9. The third kappa shape index (κ3) is 3.98. The van der Waals surface area contributed by atoms with Gasteiger partial charge in [-0.3, -0.25) is 4.79 Å². The Bertz CT molecular complexity index is 1020. The predicted octanol–water partition coefficient (Wildman–Crippen LogP) is 2.74. The molecule has 2 N–H and O–H groups in total. The minimum Gasteiger partial charge on any atom is -0.369 e. The molecule has 2 aromatic rings. The lowest BCUT2D eigenvalue weighted by Gasteiger charge is -2.35. The molecular weight excluding hydrogens is 423 g/mol. The average molecular weight is 442 g/mol. The molecule has 0 aromatic carbocycles. The Morgan fingerprint density at radius 1 is 1.32 bits per heavy atom. The van der Waals surface area contributed by atoms with Crippen molar-refractivity contribution in [2.24, 2.45) is 0 Å². The second-order valence-electron chi connectivity index (χ2n) is 7.75. The molecule has 1 saturated heterocycles. The monoisotopic (exact) mass is 442 g/mol. The van der Waals surface area contributed by atoms with E-state index < -0.39 is 41.7 Å². The van der Waals surface area contributed by atoms with E-state index in [-0.39, 0.29) is 24.6 Å². The lowest BCUT2D eigenvalue weighted by molar-refractivity contribution is -0.141. The Labute approximate surface area is 174 Å². The highest BCUT2D eigenvalue weighted by Gasteiger charge is 2.46. The van der Waals surface area contributed by atoms with Crippen LogP contribution in [0.3, 0.4) is 0 Å². The van der Waals surface area contributed by atoms with Crippen molar-refractivity contribution in [3.8, 4) is 0 Å². The highest BCUT2D eigenvalue weighted by molar-refractivity contribution is 5.90. The van der Waals surface area contributed by atoms with E-state index in [0.717, 1.165) is 12.4 Å². The first-order chi connectivity index (χ1) is 14.6. The van der Waals surface area contributed by atoms with E-state index >= 15 is 0 Å². The molecule has 1 amide bonds. The average Bonchev–Trinajstić information content (AvgIpc) is 3.30. The summed E-state index contributed by atoms with van der Waals surface area (Å²) < 4.78 is 66.0. The SMILES string of the molecule is C[C@]1(C(=O)NCC(F)(F)F)CCCN1c1nc(C2CNc3ncc(F)cc32)ncc1F. The van der Waals surface area contributed by atoms with Crippen LogP contribution in [-0.2, 0) is 4.79 Å². The Hall–Kier alpha value is -3.05. The van der Waals surface area contributed by atoms with Crippen molar-refractivity contribution in [3.63, 3.8) is 0 Å². The molecule has 2 aromatic heterocycles. The zero-order chi connectivity index (χ0) is 22.4. The van der Waals surface area contributed by atoms with Crippen molar-refractivity contribution < 1.29 is 26.7 Å². The molecular formula is C19H19F5N6O. The number of pyridine rings is 1. The van der Waals surface area contributed by atoms with E-state index in [0.29, 0.717) is 24.3 Å². The number of rotatable bonds is 4. The molecule has 0 radical (unpaired) electrons. The van der Waals surface area contributed by atoms with Gasteiger partial charge in [0.15, 0.2) is 11.6 Å². The van der Waals surface area contributed by atoms with Crippen LogP contribution in [0.25, 0.3) is 0 Å². The van der Waals surface area contributed by atoms with E-state index in [1.165, 1.54) is 17.9 Å². The van der Waals surface area contributed by atoms with Crippen molar-refractivity contribution in [2.75, 3.05) is 29.9 Å². The van der Waals surface area contributed by atoms with Gasteiger partial charge in [0.1, 0.15) is 29.5 Å². The fourth-order valence-corrected chi connectivity index (χ4v) is 4.05. The summed E-state index contributed by atoms with van der Waals surface area (Å²) in [6.45, 7) is 0.535. The van der Waals surface area contributed by atoms with Gasteiger partial charge in [0, 0.05) is 18.7 Å². The number of alkyl halides is 3. The third-order valence-corrected chi connectivity index (χ3v) is 5.62. The number of carbonyl (C=O) groups excluding carboxylic acids is 1. The summed E-state index contributed by atoms with van der Waals surface area (Å²) in [7, 11) is 0. The summed E-state index contributed by atoms with van der Waals surface area (Å²) in [5, 5.41) is 4.89. The minimum atomic E-state index is -4.56. The Morgan fingerprint density at radius 3 is 2.84 bits per heavy atom. The zero-order valence-corrected chi connectivity index (χ0v) is 16.4. The van der Waals surface area contributed by atoms with Crippen LogP contribution in [0.15, 0.2) is 18.5 Å². The lowest BCUT2D eigenvalue weighted by atomic mass is 9.97. The molecule has 166 valence electrons. The number of hydrogen-bond donors (Lipinski definition) is 2. The number of hydrogen-bond acceptors (Lipinski definition) is 6. The summed E-state index contributed by atoms with van der Waals surface area (Å²) in [5.41, 5.74) is -0.887. The smallest absolute Gasteiger partial charge is 0.369 e. The van der Waals surface area contributed by atoms with Gasteiger partial charge in [0.25, 0.3) is 0 Å². The van der Waals surface area contributed by atoms with Crippen molar-refractivity contribution in [2.45, 2.75) is 37.4 Å². The molecule has 2 aliphatic heterocycles. The van der Waals surface area contributed by atoms with E-state index in [1.807, 2.05) is 5.32 Å². The molecule has 4 rings (SSSR count). The van der Waals surface area contributed by atoms with E-state index in [2.05, 4.69) is 20.3 Å². The standard InChI is InChI=1S/C19H19F5N6O/c1-18(17(31)28-9-19(22,23)24)3-2-4-30(18)16-13(21)8-27-15(29-16)12-7-26-14-11(12)5-10(20)6-25-14/h5-6,8,12H,2-4,7,9H2,1H3,(H,25,26)(H,28,31)/t12?,18-/m1/s1. The molecule has 0 bridgehead atoms. The fourth-order valence-electron chi connectivity index (χ4n) is 4.05. The Morgan fingerprint density at radius 2 is 2.10 bits per heavy atom. The highest BCUT2D eigenvalue weighted by atomic mass is 19.4. The van der Waals surface area contributed by atoms with Crippen LogP contribution < -0.4 is 15.5 Å². The topological polar surface area (TPSA) is 83.0 Å². The summed E-state index contributed by atoms with van der Waals surface area (Å²) in [6, 6.07) is 1.30. The van der Waals surface area contributed by atoms with Gasteiger partial charge in [-0.25, -0.2) is 23.7 Å². The molecule has 0 spiro atoms. The van der Waals surface area contributed by atoms with E-state index in [4.69, 9.17) is 0 Å². The van der Waals surface area contributed by atoms with E-state index in [9.17, 15) is 26.7 Å². The highest BCUT2D eigenvalue weighted by Crippen LogP contribution is 2.37. The predicted molar refractivity (Wildman–Crippen MR) is 101 cm³/mol. The molecule has 12 heteroatoms. The van der Waals surface area contributed by atoms with Gasteiger partial charge in [-0.05, 0) is 25.8 Å². The minimum absolute atomic E-state index is 0.176. The maximum atomic E-state index is 14.7. The first-order valence-electron chi connectivity index (χ1n) is 9.63. The van der Waals surface area contributed by atoms with Crippen molar-refractivity contribution >= 4 is 17.5 Å². The van der Waals surface area contributed by atoms with Gasteiger partial charge in [-0.2, -0.15) is 13.2 Å². The van der Waals surface area contributed by atoms with Gasteiger partial charge < -0.3 is 15.5 Å². The fraction of sp³-hybridized carbons (Fsp3) is 0.474. The second-order valence-corrected chi connectivity index (χ2v) is 7.75. The van der Waals surface area contributed by atoms with Crippen LogP contribution >= 0.6 is 0 Å². The van der Waals surface area contributed by atoms with Crippen LogP contribution in [0.1, 0.15) is 37.1 Å². The molecule has 2 aliphatic rings. The zero-order valence-electron chi connectivity index (χ0n) is 16.4. The maximum Gasteiger partial charge on any atom is 0.405 e.